The number of nitro groups is 1. The summed E-state index contributed by atoms with van der Waals surface area (Å²) in [4.78, 5) is 36.9. The van der Waals surface area contributed by atoms with Crippen molar-refractivity contribution in [1.29, 1.82) is 0 Å². The Bertz CT molecular complexity index is 1150. The molecule has 0 bridgehead atoms. The van der Waals surface area contributed by atoms with Crippen LogP contribution in [0.3, 0.4) is 0 Å². The Morgan fingerprint density at radius 1 is 1.12 bits per heavy atom. The fraction of sp³-hybridized carbons (Fsp3) is 0.280. The molecule has 1 aliphatic heterocycles. The van der Waals surface area contributed by atoms with Gasteiger partial charge in [-0.25, -0.2) is 4.79 Å². The number of hydrogen-bond acceptors (Lipinski definition) is 7. The second-order valence-electron chi connectivity index (χ2n) is 7.92. The van der Waals surface area contributed by atoms with E-state index in [4.69, 9.17) is 9.47 Å². The average molecular weight is 448 g/mol. The number of nitrogens with zero attached hydrogens (tertiary/aromatic N) is 1. The maximum Gasteiger partial charge on any atom is 0.336 e. The van der Waals surface area contributed by atoms with Gasteiger partial charge in [0.15, 0.2) is 5.78 Å². The van der Waals surface area contributed by atoms with Gasteiger partial charge in [0, 0.05) is 41.4 Å². The predicted molar refractivity (Wildman–Crippen MR) is 120 cm³/mol. The highest BCUT2D eigenvalue weighted by Crippen LogP contribution is 2.43. The topological polar surface area (TPSA) is 108 Å². The van der Waals surface area contributed by atoms with E-state index in [1.807, 2.05) is 18.2 Å². The second-order valence-corrected chi connectivity index (χ2v) is 7.92. The number of carbonyl (C=O) groups excluding carboxylic acids is 2. The predicted octanol–water partition coefficient (Wildman–Crippen LogP) is 4.18. The molecule has 33 heavy (non-hydrogen) atoms. The number of rotatable bonds is 7. The van der Waals surface area contributed by atoms with Gasteiger partial charge in [-0.05, 0) is 37.5 Å². The lowest BCUT2D eigenvalue weighted by atomic mass is 9.75. The SMILES string of the molecule is CC1=C(C(=O)OCCOc2ccccc2)C(c2cccc([N+](=O)[O-])c2)C2=C(CCCC2=O)N1. The van der Waals surface area contributed by atoms with Crippen molar-refractivity contribution in [3.8, 4) is 5.75 Å². The first-order valence-electron chi connectivity index (χ1n) is 10.8. The van der Waals surface area contributed by atoms with Crippen LogP contribution >= 0.6 is 0 Å². The number of ketones is 1. The summed E-state index contributed by atoms with van der Waals surface area (Å²) >= 11 is 0. The molecule has 0 amide bonds. The molecule has 0 spiro atoms. The van der Waals surface area contributed by atoms with Crippen molar-refractivity contribution in [2.45, 2.75) is 32.1 Å². The fourth-order valence-corrected chi connectivity index (χ4v) is 4.29. The fourth-order valence-electron chi connectivity index (χ4n) is 4.29. The van der Waals surface area contributed by atoms with Crippen molar-refractivity contribution in [2.75, 3.05) is 13.2 Å². The molecule has 2 aliphatic rings. The first kappa shape index (κ1) is 22.3. The summed E-state index contributed by atoms with van der Waals surface area (Å²) in [5.74, 6) is -0.708. The number of para-hydroxylation sites is 1. The molecule has 4 rings (SSSR count). The molecule has 0 fully saturated rings. The summed E-state index contributed by atoms with van der Waals surface area (Å²) in [6, 6.07) is 15.3. The second kappa shape index (κ2) is 9.68. The molecular formula is C25H24N2O6. The standard InChI is InChI=1S/C25H24N2O6/c1-16-22(25(29)33-14-13-32-19-9-3-2-4-10-19)23(17-7-5-8-18(15-17)27(30)31)24-20(26-16)11-6-12-21(24)28/h2-5,7-10,15,23,26H,6,11-14H2,1H3. The molecule has 8 nitrogen and oxygen atoms in total. The summed E-state index contributed by atoms with van der Waals surface area (Å²) in [5.41, 5.74) is 2.53. The summed E-state index contributed by atoms with van der Waals surface area (Å²) in [7, 11) is 0. The molecule has 1 N–H and O–H groups in total. The number of Topliss-reactive ketones (excluding diaryl/α,β-unsaturated/α-hetero) is 1. The maximum atomic E-state index is 13.2. The van der Waals surface area contributed by atoms with Crippen LogP contribution in [-0.4, -0.2) is 29.9 Å². The zero-order valence-corrected chi connectivity index (χ0v) is 18.2. The van der Waals surface area contributed by atoms with Crippen molar-refractivity contribution in [2.24, 2.45) is 0 Å². The van der Waals surface area contributed by atoms with Gasteiger partial charge in [0.2, 0.25) is 0 Å². The Balaban J connectivity index is 1.60. The number of ether oxygens (including phenoxy) is 2. The number of non-ortho nitro benzene ring substituents is 1. The summed E-state index contributed by atoms with van der Waals surface area (Å²) in [6.07, 6.45) is 1.77. The van der Waals surface area contributed by atoms with Crippen LogP contribution in [0.2, 0.25) is 0 Å². The Morgan fingerprint density at radius 2 is 1.91 bits per heavy atom. The number of carbonyl (C=O) groups is 2. The summed E-state index contributed by atoms with van der Waals surface area (Å²) in [5, 5.41) is 14.6. The molecule has 0 aromatic heterocycles. The molecule has 0 saturated carbocycles. The van der Waals surface area contributed by atoms with Crippen molar-refractivity contribution < 1.29 is 24.0 Å². The smallest absolute Gasteiger partial charge is 0.336 e. The third-order valence-electron chi connectivity index (χ3n) is 5.74. The van der Waals surface area contributed by atoms with Gasteiger partial charge in [0.1, 0.15) is 19.0 Å². The van der Waals surface area contributed by atoms with E-state index in [0.29, 0.717) is 35.4 Å². The van der Waals surface area contributed by atoms with Crippen LogP contribution < -0.4 is 10.1 Å². The third-order valence-corrected chi connectivity index (χ3v) is 5.74. The van der Waals surface area contributed by atoms with Crippen LogP contribution in [0.15, 0.2) is 77.1 Å². The normalized spacial score (nSPS) is 17.8. The Morgan fingerprint density at radius 3 is 2.67 bits per heavy atom. The van der Waals surface area contributed by atoms with Crippen LogP contribution in [0, 0.1) is 10.1 Å². The van der Waals surface area contributed by atoms with E-state index in [2.05, 4.69) is 5.32 Å². The number of benzene rings is 2. The molecule has 2 aromatic carbocycles. The lowest BCUT2D eigenvalue weighted by Gasteiger charge is -2.34. The van der Waals surface area contributed by atoms with Gasteiger partial charge < -0.3 is 14.8 Å². The van der Waals surface area contributed by atoms with E-state index in [0.717, 1.165) is 12.1 Å². The Labute approximate surface area is 191 Å². The minimum Gasteiger partial charge on any atom is -0.490 e. The molecule has 1 atom stereocenters. The minimum absolute atomic E-state index is 0.0199. The van der Waals surface area contributed by atoms with Crippen LogP contribution in [-0.2, 0) is 14.3 Å². The highest BCUT2D eigenvalue weighted by atomic mass is 16.6. The van der Waals surface area contributed by atoms with E-state index in [1.165, 1.54) is 12.1 Å². The lowest BCUT2D eigenvalue weighted by Crippen LogP contribution is -2.34. The van der Waals surface area contributed by atoms with Gasteiger partial charge >= 0.3 is 5.97 Å². The Hall–Kier alpha value is -3.94. The van der Waals surface area contributed by atoms with E-state index in [9.17, 15) is 19.7 Å². The molecule has 1 aliphatic carbocycles. The highest BCUT2D eigenvalue weighted by molar-refractivity contribution is 6.03. The van der Waals surface area contributed by atoms with Crippen molar-refractivity contribution in [1.82, 2.24) is 5.32 Å². The number of dihydropyridines is 1. The van der Waals surface area contributed by atoms with Gasteiger partial charge in [0.05, 0.1) is 10.5 Å². The molecule has 1 unspecified atom stereocenters. The monoisotopic (exact) mass is 448 g/mol. The van der Waals surface area contributed by atoms with Crippen LogP contribution in [0.4, 0.5) is 5.69 Å². The van der Waals surface area contributed by atoms with Crippen molar-refractivity contribution in [3.05, 3.63) is 92.8 Å². The van der Waals surface area contributed by atoms with Crippen molar-refractivity contribution in [3.63, 3.8) is 0 Å². The number of hydrogen-bond donors (Lipinski definition) is 1. The Kier molecular flexibility index (Phi) is 6.53. The number of allylic oxidation sites excluding steroid dienone is 3. The van der Waals surface area contributed by atoms with Crippen LogP contribution in [0.5, 0.6) is 5.75 Å². The van der Waals surface area contributed by atoms with Gasteiger partial charge in [-0.2, -0.15) is 0 Å². The van der Waals surface area contributed by atoms with Crippen LogP contribution in [0.25, 0.3) is 0 Å². The molecule has 1 heterocycles. The molecular weight excluding hydrogens is 424 g/mol. The first-order valence-corrected chi connectivity index (χ1v) is 10.8. The zero-order chi connectivity index (χ0) is 23.4. The molecule has 0 saturated heterocycles. The van der Waals surface area contributed by atoms with Gasteiger partial charge in [-0.3, -0.25) is 14.9 Å². The molecule has 2 aromatic rings. The van der Waals surface area contributed by atoms with Gasteiger partial charge in [-0.1, -0.05) is 30.3 Å². The first-order chi connectivity index (χ1) is 16.0. The van der Waals surface area contributed by atoms with E-state index < -0.39 is 16.8 Å². The highest BCUT2D eigenvalue weighted by Gasteiger charge is 2.39. The number of nitro benzene ring substituents is 1. The summed E-state index contributed by atoms with van der Waals surface area (Å²) in [6.45, 7) is 1.94. The van der Waals surface area contributed by atoms with E-state index in [-0.39, 0.29) is 30.3 Å². The van der Waals surface area contributed by atoms with Crippen molar-refractivity contribution >= 4 is 17.4 Å². The maximum absolute atomic E-state index is 13.2. The zero-order valence-electron chi connectivity index (χ0n) is 18.2. The largest absolute Gasteiger partial charge is 0.490 e. The van der Waals surface area contributed by atoms with E-state index in [1.54, 1.807) is 31.2 Å². The summed E-state index contributed by atoms with van der Waals surface area (Å²) < 4.78 is 11.1. The molecule has 170 valence electrons. The van der Waals surface area contributed by atoms with Gasteiger partial charge in [-0.15, -0.1) is 0 Å². The third kappa shape index (κ3) is 4.79. The average Bonchev–Trinajstić information content (AvgIpc) is 2.81. The van der Waals surface area contributed by atoms with Gasteiger partial charge in [0.25, 0.3) is 5.69 Å². The number of esters is 1. The van der Waals surface area contributed by atoms with Crippen LogP contribution in [0.1, 0.15) is 37.7 Å². The number of nitrogens with one attached hydrogen (secondary N) is 1. The lowest BCUT2D eigenvalue weighted by molar-refractivity contribution is -0.384. The molecule has 8 heteroatoms. The minimum atomic E-state index is -0.725. The quantitative estimate of drug-likeness (QED) is 0.293. The molecule has 0 radical (unpaired) electrons. The van der Waals surface area contributed by atoms with E-state index >= 15 is 0 Å².